The first-order chi connectivity index (χ1) is 14.9. The Morgan fingerprint density at radius 1 is 1.13 bits per heavy atom. The molecule has 3 rings (SSSR count). The number of halogens is 1. The van der Waals surface area contributed by atoms with Gasteiger partial charge in [0.15, 0.2) is 6.61 Å². The van der Waals surface area contributed by atoms with Crippen LogP contribution in [0.1, 0.15) is 20.8 Å². The fourth-order valence-corrected chi connectivity index (χ4v) is 3.92. The molecule has 1 heterocycles. The van der Waals surface area contributed by atoms with Gasteiger partial charge < -0.3 is 20.1 Å². The van der Waals surface area contributed by atoms with Crippen molar-refractivity contribution in [3.63, 3.8) is 0 Å². The molecule has 2 aromatic carbocycles. The molecule has 0 atom stereocenters. The molecule has 0 bridgehead atoms. The molecule has 0 aliphatic carbocycles. The first-order valence-corrected chi connectivity index (χ1v) is 10.3. The lowest BCUT2D eigenvalue weighted by Gasteiger charge is -2.09. The fraction of sp³-hybridized carbons (Fsp3) is 0.136. The van der Waals surface area contributed by atoms with Crippen LogP contribution in [-0.4, -0.2) is 25.5 Å². The summed E-state index contributed by atoms with van der Waals surface area (Å²) in [6.07, 6.45) is 0. The highest BCUT2D eigenvalue weighted by Crippen LogP contribution is 2.34. The number of ether oxygens (including phenoxy) is 2. The van der Waals surface area contributed by atoms with Crippen molar-refractivity contribution in [3.8, 4) is 17.6 Å². The summed E-state index contributed by atoms with van der Waals surface area (Å²) >= 11 is 6.85. The number of amides is 2. The molecule has 31 heavy (non-hydrogen) atoms. The van der Waals surface area contributed by atoms with Crippen molar-refractivity contribution in [2.24, 2.45) is 0 Å². The zero-order chi connectivity index (χ0) is 22.4. The van der Waals surface area contributed by atoms with Gasteiger partial charge in [-0.3, -0.25) is 9.59 Å². The maximum atomic E-state index is 12.8. The van der Waals surface area contributed by atoms with Crippen molar-refractivity contribution in [1.82, 2.24) is 0 Å². The van der Waals surface area contributed by atoms with Crippen molar-refractivity contribution >= 4 is 45.4 Å². The minimum absolute atomic E-state index is 0.231. The van der Waals surface area contributed by atoms with E-state index in [4.69, 9.17) is 21.1 Å². The molecule has 0 radical (unpaired) electrons. The summed E-state index contributed by atoms with van der Waals surface area (Å²) in [6.45, 7) is 1.40. The third-order valence-electron chi connectivity index (χ3n) is 4.26. The molecule has 2 amide bonds. The lowest BCUT2D eigenvalue weighted by atomic mass is 10.1. The number of carbonyl (C=O) groups is 2. The molecule has 158 valence electrons. The highest BCUT2D eigenvalue weighted by molar-refractivity contribution is 7.18. The number of carbonyl (C=O) groups excluding carboxylic acids is 2. The number of benzene rings is 2. The van der Waals surface area contributed by atoms with E-state index >= 15 is 0 Å². The number of para-hydroxylation sites is 2. The van der Waals surface area contributed by atoms with E-state index in [0.717, 1.165) is 11.3 Å². The van der Waals surface area contributed by atoms with E-state index in [1.165, 1.54) is 7.11 Å². The molecule has 0 fully saturated rings. The van der Waals surface area contributed by atoms with Crippen LogP contribution < -0.4 is 20.1 Å². The maximum Gasteiger partial charge on any atom is 0.266 e. The van der Waals surface area contributed by atoms with Crippen LogP contribution in [0.4, 0.5) is 10.7 Å². The van der Waals surface area contributed by atoms with E-state index in [2.05, 4.69) is 10.6 Å². The summed E-state index contributed by atoms with van der Waals surface area (Å²) < 4.78 is 10.7. The number of methoxy groups -OCH3 is 1. The van der Waals surface area contributed by atoms with Gasteiger partial charge in [-0.15, -0.1) is 11.3 Å². The standard InChI is InChI=1S/C22H18ClN3O4S/c1-13-16(11-24)22(26-19(27)12-30-15-9-7-14(23)8-10-15)31-20(13)21(28)25-17-5-3-4-6-18(17)29-2/h3-10H,12H2,1-2H3,(H,25,28)(H,26,27). The van der Waals surface area contributed by atoms with Gasteiger partial charge in [0.25, 0.3) is 11.8 Å². The van der Waals surface area contributed by atoms with E-state index in [1.807, 2.05) is 6.07 Å². The van der Waals surface area contributed by atoms with Crippen LogP contribution in [0.5, 0.6) is 11.5 Å². The molecule has 0 spiro atoms. The van der Waals surface area contributed by atoms with Crippen molar-refractivity contribution in [2.75, 3.05) is 24.4 Å². The Labute approximate surface area is 188 Å². The molecular weight excluding hydrogens is 438 g/mol. The molecular formula is C22H18ClN3O4S. The Morgan fingerprint density at radius 2 is 1.84 bits per heavy atom. The quantitative estimate of drug-likeness (QED) is 0.529. The van der Waals surface area contributed by atoms with Crippen LogP contribution in [0.2, 0.25) is 5.02 Å². The van der Waals surface area contributed by atoms with Crippen LogP contribution in [0.15, 0.2) is 48.5 Å². The van der Waals surface area contributed by atoms with Crippen molar-refractivity contribution in [3.05, 3.63) is 69.6 Å². The summed E-state index contributed by atoms with van der Waals surface area (Å²) in [5.74, 6) is 0.142. The van der Waals surface area contributed by atoms with Crippen LogP contribution in [0.25, 0.3) is 0 Å². The molecule has 0 aliphatic rings. The Hall–Kier alpha value is -3.54. The van der Waals surface area contributed by atoms with Gasteiger partial charge in [0.1, 0.15) is 22.6 Å². The third kappa shape index (κ3) is 5.34. The lowest BCUT2D eigenvalue weighted by Crippen LogP contribution is -2.20. The first kappa shape index (κ1) is 22.2. The molecule has 0 saturated carbocycles. The molecule has 9 heteroatoms. The minimum Gasteiger partial charge on any atom is -0.495 e. The van der Waals surface area contributed by atoms with Gasteiger partial charge in [0, 0.05) is 5.02 Å². The van der Waals surface area contributed by atoms with E-state index in [0.29, 0.717) is 32.6 Å². The molecule has 0 aliphatic heterocycles. The minimum atomic E-state index is -0.454. The summed E-state index contributed by atoms with van der Waals surface area (Å²) in [7, 11) is 1.51. The van der Waals surface area contributed by atoms with Gasteiger partial charge in [-0.1, -0.05) is 23.7 Å². The normalized spacial score (nSPS) is 10.1. The summed E-state index contributed by atoms with van der Waals surface area (Å²) in [5.41, 5.74) is 1.21. The number of anilines is 2. The SMILES string of the molecule is COc1ccccc1NC(=O)c1sc(NC(=O)COc2ccc(Cl)cc2)c(C#N)c1C. The van der Waals surface area contributed by atoms with Gasteiger partial charge in [0.05, 0.1) is 23.2 Å². The molecule has 7 nitrogen and oxygen atoms in total. The largest absolute Gasteiger partial charge is 0.495 e. The molecule has 3 aromatic rings. The Morgan fingerprint density at radius 3 is 2.52 bits per heavy atom. The van der Waals surface area contributed by atoms with Crippen LogP contribution in [0.3, 0.4) is 0 Å². The third-order valence-corrected chi connectivity index (χ3v) is 5.71. The van der Waals surface area contributed by atoms with E-state index in [1.54, 1.807) is 55.5 Å². The summed E-state index contributed by atoms with van der Waals surface area (Å²) in [6, 6.07) is 15.6. The van der Waals surface area contributed by atoms with Crippen molar-refractivity contribution < 1.29 is 19.1 Å². The predicted molar refractivity (Wildman–Crippen MR) is 120 cm³/mol. The summed E-state index contributed by atoms with van der Waals surface area (Å²) in [4.78, 5) is 25.4. The number of nitrogens with one attached hydrogen (secondary N) is 2. The first-order valence-electron chi connectivity index (χ1n) is 9.09. The number of rotatable bonds is 7. The fourth-order valence-electron chi connectivity index (χ4n) is 2.72. The average molecular weight is 456 g/mol. The summed E-state index contributed by atoms with van der Waals surface area (Å²) in [5, 5.41) is 15.8. The van der Waals surface area contributed by atoms with Crippen LogP contribution >= 0.6 is 22.9 Å². The molecule has 1 aromatic heterocycles. The topological polar surface area (TPSA) is 100 Å². The van der Waals surface area contributed by atoms with Gasteiger partial charge in [0.2, 0.25) is 0 Å². The maximum absolute atomic E-state index is 12.8. The van der Waals surface area contributed by atoms with Gasteiger partial charge in [-0.2, -0.15) is 5.26 Å². The second-order valence-corrected chi connectivity index (χ2v) is 7.77. The van der Waals surface area contributed by atoms with Crippen molar-refractivity contribution in [2.45, 2.75) is 6.92 Å². The lowest BCUT2D eigenvalue weighted by molar-refractivity contribution is -0.118. The number of nitrogens with zero attached hydrogens (tertiary/aromatic N) is 1. The zero-order valence-electron chi connectivity index (χ0n) is 16.7. The molecule has 0 unspecified atom stereocenters. The Kier molecular flexibility index (Phi) is 7.13. The number of nitriles is 1. The van der Waals surface area contributed by atoms with E-state index in [-0.39, 0.29) is 17.2 Å². The van der Waals surface area contributed by atoms with Gasteiger partial charge in [-0.25, -0.2) is 0 Å². The van der Waals surface area contributed by atoms with E-state index < -0.39 is 11.8 Å². The monoisotopic (exact) mass is 455 g/mol. The van der Waals surface area contributed by atoms with Crippen LogP contribution in [0, 0.1) is 18.3 Å². The second kappa shape index (κ2) is 9.98. The van der Waals surface area contributed by atoms with Gasteiger partial charge >= 0.3 is 0 Å². The Balaban J connectivity index is 1.72. The van der Waals surface area contributed by atoms with E-state index in [9.17, 15) is 14.9 Å². The molecule has 2 N–H and O–H groups in total. The second-order valence-electron chi connectivity index (χ2n) is 6.32. The van der Waals surface area contributed by atoms with Crippen molar-refractivity contribution in [1.29, 1.82) is 5.26 Å². The highest BCUT2D eigenvalue weighted by Gasteiger charge is 2.22. The number of hydrogen-bond donors (Lipinski definition) is 2. The predicted octanol–water partition coefficient (Wildman–Crippen LogP) is 4.86. The number of hydrogen-bond acceptors (Lipinski definition) is 6. The molecule has 0 saturated heterocycles. The zero-order valence-corrected chi connectivity index (χ0v) is 18.3. The average Bonchev–Trinajstić information content (AvgIpc) is 3.08. The highest BCUT2D eigenvalue weighted by atomic mass is 35.5. The van der Waals surface area contributed by atoms with Gasteiger partial charge in [-0.05, 0) is 48.9 Å². The van der Waals surface area contributed by atoms with Crippen LogP contribution in [-0.2, 0) is 4.79 Å². The smallest absolute Gasteiger partial charge is 0.266 e. The Bertz CT molecular complexity index is 1150. The number of thiophene rings is 1.